The fourth-order valence-corrected chi connectivity index (χ4v) is 9.98. The van der Waals surface area contributed by atoms with Crippen molar-refractivity contribution in [2.45, 2.75) is 104 Å². The van der Waals surface area contributed by atoms with Crippen molar-refractivity contribution in [1.29, 1.82) is 0 Å². The number of nitrogens with zero attached hydrogens (tertiary/aromatic N) is 2. The molecule has 6 nitrogen and oxygen atoms in total. The van der Waals surface area contributed by atoms with Crippen LogP contribution in [-0.2, 0) is 17.4 Å². The molecule has 3 aliphatic heterocycles. The van der Waals surface area contributed by atoms with Gasteiger partial charge in [0.25, 0.3) is 5.91 Å². The van der Waals surface area contributed by atoms with E-state index < -0.39 is 11.0 Å². The number of anilines is 1. The molecule has 2 fully saturated rings. The zero-order chi connectivity index (χ0) is 34.4. The van der Waals surface area contributed by atoms with Crippen molar-refractivity contribution in [3.05, 3.63) is 58.1 Å². The Bertz CT molecular complexity index is 1400. The van der Waals surface area contributed by atoms with Crippen LogP contribution in [0.3, 0.4) is 0 Å². The molecule has 1 amide bonds. The van der Waals surface area contributed by atoms with Crippen molar-refractivity contribution in [1.82, 2.24) is 9.62 Å². The van der Waals surface area contributed by atoms with Crippen LogP contribution in [0.2, 0.25) is 5.02 Å². The molecule has 1 N–H and O–H groups in total. The van der Waals surface area contributed by atoms with E-state index in [1.807, 2.05) is 45.0 Å². The lowest BCUT2D eigenvalue weighted by Gasteiger charge is -2.48. The van der Waals surface area contributed by atoms with Crippen molar-refractivity contribution >= 4 is 34.2 Å². The molecule has 1 aliphatic carbocycles. The number of hydrogen-bond donors (Lipinski definition) is 1. The summed E-state index contributed by atoms with van der Waals surface area (Å²) in [5.41, 5.74) is 4.15. The average Bonchev–Trinajstić information content (AvgIpc) is 3.26. The molecule has 6 rings (SSSR count). The van der Waals surface area contributed by atoms with Crippen molar-refractivity contribution in [3.8, 4) is 5.75 Å². The van der Waals surface area contributed by atoms with E-state index in [0.29, 0.717) is 18.1 Å². The Morgan fingerprint density at radius 3 is 2.40 bits per heavy atom. The fraction of sp³-hybridized carbons (Fsp3) is 0.675. The second kappa shape index (κ2) is 17.2. The van der Waals surface area contributed by atoms with E-state index in [0.717, 1.165) is 73.0 Å². The Hall–Kier alpha value is -2.09. The molecule has 0 spiro atoms. The smallest absolute Gasteiger partial charge is 0.263 e. The van der Waals surface area contributed by atoms with Crippen LogP contribution in [0.15, 0.2) is 36.4 Å². The standard InChI is InChI=1S/C38H54ClN3O3S.C2H6/c1-5-7-28-20-32(39)12-14-33(28)31-23-42-22-30-10-13-35(30)34(27-16-18-41(4)19-17-27)9-6-8-25(2)26(3)46(44)40-38(43)29-11-15-37(45-24-31)36(42)21-29;1-2/h11-12,14-15,20-21,25-27,30-31,34-35H,5-10,13,16-19,22-24H2,1-4H3,(H,40,43);1-2H3. The van der Waals surface area contributed by atoms with Crippen LogP contribution in [0.25, 0.3) is 0 Å². The number of hydrogen-bond acceptors (Lipinski definition) is 5. The maximum atomic E-state index is 13.5. The van der Waals surface area contributed by atoms with Crippen molar-refractivity contribution in [3.63, 3.8) is 0 Å². The van der Waals surface area contributed by atoms with E-state index in [2.05, 4.69) is 47.5 Å². The van der Waals surface area contributed by atoms with Gasteiger partial charge in [0.15, 0.2) is 0 Å². The predicted octanol–water partition coefficient (Wildman–Crippen LogP) is 8.89. The molecule has 1 saturated carbocycles. The molecule has 48 heavy (non-hydrogen) atoms. The Morgan fingerprint density at radius 1 is 0.938 bits per heavy atom. The summed E-state index contributed by atoms with van der Waals surface area (Å²) in [5.74, 6) is 3.91. The van der Waals surface area contributed by atoms with E-state index in [1.54, 1.807) is 0 Å². The molecular formula is C40H60ClN3O3S. The molecule has 266 valence electrons. The molecule has 2 bridgehead atoms. The summed E-state index contributed by atoms with van der Waals surface area (Å²) in [6.45, 7) is 15.2. The minimum Gasteiger partial charge on any atom is -0.491 e. The maximum absolute atomic E-state index is 13.5. The molecule has 2 aromatic rings. The lowest BCUT2D eigenvalue weighted by molar-refractivity contribution is 0.0369. The Kier molecular flexibility index (Phi) is 13.3. The number of amides is 1. The molecule has 0 aromatic heterocycles. The topological polar surface area (TPSA) is 61.9 Å². The van der Waals surface area contributed by atoms with E-state index in [1.165, 1.54) is 56.3 Å². The number of rotatable bonds is 4. The molecular weight excluding hydrogens is 638 g/mol. The minimum atomic E-state index is -1.45. The van der Waals surface area contributed by atoms with Crippen LogP contribution in [0.1, 0.15) is 113 Å². The van der Waals surface area contributed by atoms with Crippen LogP contribution < -0.4 is 14.4 Å². The average molecular weight is 698 g/mol. The van der Waals surface area contributed by atoms with Crippen molar-refractivity contribution < 1.29 is 13.7 Å². The summed E-state index contributed by atoms with van der Waals surface area (Å²) in [7, 11) is 0.814. The number of likely N-dealkylation sites (tertiary alicyclic amines) is 1. The number of benzene rings is 2. The number of nitrogens with one attached hydrogen (secondary N) is 1. The largest absolute Gasteiger partial charge is 0.491 e. The van der Waals surface area contributed by atoms with Gasteiger partial charge in [0.05, 0.1) is 17.5 Å². The van der Waals surface area contributed by atoms with Gasteiger partial charge >= 0.3 is 0 Å². The summed E-state index contributed by atoms with van der Waals surface area (Å²) in [6, 6.07) is 12.1. The van der Waals surface area contributed by atoms with Gasteiger partial charge in [0, 0.05) is 29.6 Å². The molecule has 3 heterocycles. The maximum Gasteiger partial charge on any atom is 0.263 e. The van der Waals surface area contributed by atoms with Gasteiger partial charge in [-0.25, -0.2) is 4.21 Å². The summed E-state index contributed by atoms with van der Waals surface area (Å²) in [6.07, 6.45) is 10.7. The first kappa shape index (κ1) is 37.2. The lowest BCUT2D eigenvalue weighted by Crippen LogP contribution is -2.46. The highest BCUT2D eigenvalue weighted by molar-refractivity contribution is 7.84. The first-order valence-electron chi connectivity index (χ1n) is 18.9. The van der Waals surface area contributed by atoms with Gasteiger partial charge in [-0.15, -0.1) is 0 Å². The van der Waals surface area contributed by atoms with E-state index in [9.17, 15) is 9.00 Å². The first-order chi connectivity index (χ1) is 23.2. The number of ether oxygens (including phenoxy) is 1. The number of piperidine rings is 1. The zero-order valence-electron chi connectivity index (χ0n) is 30.3. The van der Waals surface area contributed by atoms with Crippen LogP contribution in [-0.4, -0.2) is 60.1 Å². The van der Waals surface area contributed by atoms with Gasteiger partial charge in [-0.1, -0.05) is 58.2 Å². The minimum absolute atomic E-state index is 0.104. The van der Waals surface area contributed by atoms with Crippen LogP contribution in [0.5, 0.6) is 5.75 Å². The predicted molar refractivity (Wildman–Crippen MR) is 202 cm³/mol. The zero-order valence-corrected chi connectivity index (χ0v) is 31.9. The number of carbonyl (C=O) groups excluding carboxylic acids is 1. The van der Waals surface area contributed by atoms with Gasteiger partial charge in [-0.05, 0) is 143 Å². The third-order valence-electron chi connectivity index (χ3n) is 11.9. The van der Waals surface area contributed by atoms with E-state index >= 15 is 0 Å². The summed E-state index contributed by atoms with van der Waals surface area (Å²) in [5, 5.41) is 0.678. The van der Waals surface area contributed by atoms with Crippen molar-refractivity contribution in [2.75, 3.05) is 44.7 Å². The van der Waals surface area contributed by atoms with Crippen LogP contribution >= 0.6 is 11.6 Å². The summed E-state index contributed by atoms with van der Waals surface area (Å²) in [4.78, 5) is 18.5. The highest BCUT2D eigenvalue weighted by Gasteiger charge is 2.42. The highest BCUT2D eigenvalue weighted by Crippen LogP contribution is 2.49. The normalized spacial score (nSPS) is 30.4. The SMILES string of the molecule is CC.CCCc1cc(Cl)ccc1C1COc2ccc3cc2N(C1)CC1CCC1C(C1CCN(C)CC1)CCCC(C)C(C)S(=O)NC3=O. The van der Waals surface area contributed by atoms with Gasteiger partial charge in [0.1, 0.15) is 16.7 Å². The third-order valence-corrected chi connectivity index (χ3v) is 13.6. The van der Waals surface area contributed by atoms with Gasteiger partial charge in [-0.2, -0.15) is 0 Å². The summed E-state index contributed by atoms with van der Waals surface area (Å²) < 4.78 is 22.8. The lowest BCUT2D eigenvalue weighted by atomic mass is 9.60. The van der Waals surface area contributed by atoms with Gasteiger partial charge in [0.2, 0.25) is 0 Å². The second-order valence-electron chi connectivity index (χ2n) is 14.8. The van der Waals surface area contributed by atoms with E-state index in [4.69, 9.17) is 16.3 Å². The highest BCUT2D eigenvalue weighted by atomic mass is 35.5. The quantitative estimate of drug-likeness (QED) is 0.346. The van der Waals surface area contributed by atoms with Crippen molar-refractivity contribution in [2.24, 2.45) is 29.6 Å². The van der Waals surface area contributed by atoms with E-state index in [-0.39, 0.29) is 23.0 Å². The van der Waals surface area contributed by atoms with Gasteiger partial charge < -0.3 is 14.5 Å². The number of fused-ring (bicyclic) bond motifs is 2. The molecule has 4 aliphatic rings. The number of carbonyl (C=O) groups is 1. The summed E-state index contributed by atoms with van der Waals surface area (Å²) >= 11 is 6.47. The number of halogens is 1. The molecule has 7 unspecified atom stereocenters. The monoisotopic (exact) mass is 697 g/mol. The molecule has 7 atom stereocenters. The Labute approximate surface area is 298 Å². The molecule has 8 heteroatoms. The third kappa shape index (κ3) is 8.61. The second-order valence-corrected chi connectivity index (χ2v) is 16.8. The molecule has 1 saturated heterocycles. The molecule has 2 aromatic carbocycles. The van der Waals surface area contributed by atoms with Crippen LogP contribution in [0.4, 0.5) is 5.69 Å². The fourth-order valence-electron chi connectivity index (χ4n) is 8.74. The Morgan fingerprint density at radius 2 is 1.69 bits per heavy atom. The van der Waals surface area contributed by atoms with Crippen LogP contribution in [0, 0.1) is 29.6 Å². The Balaban J connectivity index is 0.00000221. The molecule has 0 radical (unpaired) electrons. The number of aryl methyl sites for hydroxylation is 1. The first-order valence-corrected chi connectivity index (χ1v) is 20.5. The van der Waals surface area contributed by atoms with Gasteiger partial charge in [-0.3, -0.25) is 9.52 Å².